The lowest BCUT2D eigenvalue weighted by Crippen LogP contribution is -2.54. The first-order valence-electron chi connectivity index (χ1n) is 9.72. The normalized spacial score (nSPS) is 28.7. The standard InChI is InChI=1S/C20H29N3O4/c1-2-20(26)9-8-16(17(14-20)18(24)21-27)19(25)23-12-10-22(11-13-23)15-6-4-3-5-7-15/h3-7,16-17,26-27H,2,8-14H2,1H3,(H,21,24)/t16-,17-,20+/m0/s1. The molecule has 27 heavy (non-hydrogen) atoms. The number of piperazine rings is 1. The van der Waals surface area contributed by atoms with E-state index < -0.39 is 23.3 Å². The number of carbonyl (C=O) groups is 2. The molecule has 2 fully saturated rings. The van der Waals surface area contributed by atoms with Crippen LogP contribution >= 0.6 is 0 Å². The number of hydrogen-bond acceptors (Lipinski definition) is 5. The Bertz CT molecular complexity index is 660. The van der Waals surface area contributed by atoms with Gasteiger partial charge in [0, 0.05) is 31.9 Å². The second kappa shape index (κ2) is 8.27. The number of aliphatic hydroxyl groups is 1. The Morgan fingerprint density at radius 1 is 1.15 bits per heavy atom. The zero-order chi connectivity index (χ0) is 19.4. The predicted octanol–water partition coefficient (Wildman–Crippen LogP) is 1.40. The molecule has 1 aromatic rings. The topological polar surface area (TPSA) is 93.1 Å². The van der Waals surface area contributed by atoms with Crippen molar-refractivity contribution in [2.24, 2.45) is 11.8 Å². The van der Waals surface area contributed by atoms with Gasteiger partial charge in [0.05, 0.1) is 17.4 Å². The number of nitrogens with zero attached hydrogens (tertiary/aromatic N) is 2. The van der Waals surface area contributed by atoms with Crippen molar-refractivity contribution in [3.63, 3.8) is 0 Å². The van der Waals surface area contributed by atoms with Gasteiger partial charge in [0.25, 0.3) is 0 Å². The first-order chi connectivity index (χ1) is 13.0. The molecule has 0 unspecified atom stereocenters. The van der Waals surface area contributed by atoms with Gasteiger partial charge in [-0.05, 0) is 37.8 Å². The average Bonchev–Trinajstić information content (AvgIpc) is 2.73. The minimum absolute atomic E-state index is 0.0468. The molecule has 3 rings (SSSR count). The number of amides is 2. The van der Waals surface area contributed by atoms with Crippen LogP contribution in [0.15, 0.2) is 30.3 Å². The highest BCUT2D eigenvalue weighted by Gasteiger charge is 2.46. The Labute approximate surface area is 159 Å². The molecule has 7 nitrogen and oxygen atoms in total. The van der Waals surface area contributed by atoms with Crippen molar-refractivity contribution in [2.75, 3.05) is 31.1 Å². The van der Waals surface area contributed by atoms with Crippen LogP contribution in [-0.4, -0.2) is 58.8 Å². The van der Waals surface area contributed by atoms with Gasteiger partial charge in [0.15, 0.2) is 0 Å². The third kappa shape index (κ3) is 4.25. The van der Waals surface area contributed by atoms with Crippen LogP contribution in [0.2, 0.25) is 0 Å². The van der Waals surface area contributed by atoms with Gasteiger partial charge in [-0.2, -0.15) is 0 Å². The number of hydroxylamine groups is 1. The number of nitrogens with one attached hydrogen (secondary N) is 1. The van der Waals surface area contributed by atoms with Crippen molar-refractivity contribution in [2.45, 2.75) is 38.2 Å². The zero-order valence-electron chi connectivity index (χ0n) is 15.8. The Morgan fingerprint density at radius 3 is 2.41 bits per heavy atom. The van der Waals surface area contributed by atoms with Crippen LogP contribution in [0.25, 0.3) is 0 Å². The third-order valence-electron chi connectivity index (χ3n) is 6.14. The molecule has 1 aliphatic heterocycles. The van der Waals surface area contributed by atoms with Crippen LogP contribution in [-0.2, 0) is 9.59 Å². The molecule has 1 saturated heterocycles. The largest absolute Gasteiger partial charge is 0.390 e. The van der Waals surface area contributed by atoms with E-state index in [0.29, 0.717) is 32.4 Å². The summed E-state index contributed by atoms with van der Waals surface area (Å²) in [5.41, 5.74) is 1.89. The van der Waals surface area contributed by atoms with E-state index in [1.807, 2.05) is 30.0 Å². The van der Waals surface area contributed by atoms with E-state index in [1.54, 1.807) is 5.48 Å². The molecule has 2 amide bonds. The molecule has 3 atom stereocenters. The molecule has 0 bridgehead atoms. The Hall–Kier alpha value is -2.12. The van der Waals surface area contributed by atoms with Crippen molar-refractivity contribution < 1.29 is 19.9 Å². The van der Waals surface area contributed by atoms with E-state index in [-0.39, 0.29) is 12.3 Å². The van der Waals surface area contributed by atoms with Crippen LogP contribution in [0.3, 0.4) is 0 Å². The number of hydrogen-bond donors (Lipinski definition) is 3. The molecule has 3 N–H and O–H groups in total. The van der Waals surface area contributed by atoms with Crippen molar-refractivity contribution in [3.8, 4) is 0 Å². The van der Waals surface area contributed by atoms with Gasteiger partial charge < -0.3 is 14.9 Å². The summed E-state index contributed by atoms with van der Waals surface area (Å²) < 4.78 is 0. The van der Waals surface area contributed by atoms with Crippen molar-refractivity contribution >= 4 is 17.5 Å². The Morgan fingerprint density at radius 2 is 1.81 bits per heavy atom. The minimum atomic E-state index is -0.944. The Kier molecular flexibility index (Phi) is 6.01. The molecule has 1 aromatic carbocycles. The number of anilines is 1. The fourth-order valence-corrected chi connectivity index (χ4v) is 4.31. The van der Waals surface area contributed by atoms with Gasteiger partial charge in [-0.3, -0.25) is 14.8 Å². The molecule has 2 aliphatic rings. The summed E-state index contributed by atoms with van der Waals surface area (Å²) in [5.74, 6) is -1.82. The third-order valence-corrected chi connectivity index (χ3v) is 6.14. The van der Waals surface area contributed by atoms with E-state index in [2.05, 4.69) is 17.0 Å². The first-order valence-corrected chi connectivity index (χ1v) is 9.72. The van der Waals surface area contributed by atoms with Crippen LogP contribution in [0.4, 0.5) is 5.69 Å². The molecule has 0 radical (unpaired) electrons. The second-order valence-corrected chi connectivity index (χ2v) is 7.66. The highest BCUT2D eigenvalue weighted by molar-refractivity contribution is 5.87. The van der Waals surface area contributed by atoms with Gasteiger partial charge in [-0.15, -0.1) is 0 Å². The fourth-order valence-electron chi connectivity index (χ4n) is 4.31. The van der Waals surface area contributed by atoms with Crippen LogP contribution in [0.5, 0.6) is 0 Å². The molecule has 7 heteroatoms. The van der Waals surface area contributed by atoms with E-state index in [4.69, 9.17) is 5.21 Å². The lowest BCUT2D eigenvalue weighted by Gasteiger charge is -2.43. The summed E-state index contributed by atoms with van der Waals surface area (Å²) >= 11 is 0. The van der Waals surface area contributed by atoms with E-state index in [1.165, 1.54) is 0 Å². The van der Waals surface area contributed by atoms with Crippen LogP contribution < -0.4 is 10.4 Å². The first kappa shape index (κ1) is 19.6. The number of carbonyl (C=O) groups excluding carboxylic acids is 2. The lowest BCUT2D eigenvalue weighted by molar-refractivity contribution is -0.153. The minimum Gasteiger partial charge on any atom is -0.390 e. The van der Waals surface area contributed by atoms with E-state index >= 15 is 0 Å². The van der Waals surface area contributed by atoms with Gasteiger partial charge >= 0.3 is 0 Å². The maximum absolute atomic E-state index is 13.1. The second-order valence-electron chi connectivity index (χ2n) is 7.66. The maximum Gasteiger partial charge on any atom is 0.247 e. The van der Waals surface area contributed by atoms with Gasteiger partial charge in [0.2, 0.25) is 11.8 Å². The quantitative estimate of drug-likeness (QED) is 0.546. The Balaban J connectivity index is 1.65. The molecule has 148 valence electrons. The van der Waals surface area contributed by atoms with E-state index in [0.717, 1.165) is 18.8 Å². The van der Waals surface area contributed by atoms with Crippen molar-refractivity contribution in [3.05, 3.63) is 30.3 Å². The molecular weight excluding hydrogens is 346 g/mol. The van der Waals surface area contributed by atoms with Gasteiger partial charge in [0.1, 0.15) is 0 Å². The molecule has 1 heterocycles. The molecule has 0 aromatic heterocycles. The smallest absolute Gasteiger partial charge is 0.247 e. The van der Waals surface area contributed by atoms with E-state index in [9.17, 15) is 14.7 Å². The summed E-state index contributed by atoms with van der Waals surface area (Å²) in [6.45, 7) is 4.58. The summed E-state index contributed by atoms with van der Waals surface area (Å²) in [4.78, 5) is 29.3. The maximum atomic E-state index is 13.1. The number of para-hydroxylation sites is 1. The number of benzene rings is 1. The molecule has 1 saturated carbocycles. The van der Waals surface area contributed by atoms with Gasteiger partial charge in [-0.1, -0.05) is 25.1 Å². The van der Waals surface area contributed by atoms with Gasteiger partial charge in [-0.25, -0.2) is 5.48 Å². The zero-order valence-corrected chi connectivity index (χ0v) is 15.8. The predicted molar refractivity (Wildman–Crippen MR) is 101 cm³/mol. The summed E-state index contributed by atoms with van der Waals surface area (Å²) in [7, 11) is 0. The van der Waals surface area contributed by atoms with Crippen molar-refractivity contribution in [1.29, 1.82) is 0 Å². The molecule has 1 aliphatic carbocycles. The monoisotopic (exact) mass is 375 g/mol. The average molecular weight is 375 g/mol. The highest BCUT2D eigenvalue weighted by Crippen LogP contribution is 2.39. The summed E-state index contributed by atoms with van der Waals surface area (Å²) in [5, 5.41) is 19.7. The fraction of sp³-hybridized carbons (Fsp3) is 0.600. The summed E-state index contributed by atoms with van der Waals surface area (Å²) in [6.07, 6.45) is 1.69. The van der Waals surface area contributed by atoms with Crippen molar-refractivity contribution in [1.82, 2.24) is 10.4 Å². The number of rotatable bonds is 4. The highest BCUT2D eigenvalue weighted by atomic mass is 16.5. The molecule has 0 spiro atoms. The van der Waals surface area contributed by atoms with Crippen LogP contribution in [0, 0.1) is 11.8 Å². The molecular formula is C20H29N3O4. The SMILES string of the molecule is CC[C@@]1(O)CC[C@H](C(=O)N2CCN(c3ccccc3)CC2)[C@@H](C(=O)NO)C1. The lowest BCUT2D eigenvalue weighted by atomic mass is 9.69. The summed E-state index contributed by atoms with van der Waals surface area (Å²) in [6, 6.07) is 10.1. The van der Waals surface area contributed by atoms with Crippen LogP contribution in [0.1, 0.15) is 32.6 Å².